The quantitative estimate of drug-likeness (QED) is 0.755. The van der Waals surface area contributed by atoms with E-state index in [0.717, 1.165) is 4.96 Å². The van der Waals surface area contributed by atoms with Crippen molar-refractivity contribution >= 4 is 32.8 Å². The van der Waals surface area contributed by atoms with Gasteiger partial charge < -0.3 is 5.73 Å². The smallest absolute Gasteiger partial charge is 0.193 e. The molecule has 2 N–H and O–H groups in total. The minimum atomic E-state index is -1.36. The minimum Gasteiger partial charge on any atom is -0.399 e. The summed E-state index contributed by atoms with van der Waals surface area (Å²) >= 11 is 1.51. The van der Waals surface area contributed by atoms with E-state index in [1.165, 1.54) is 29.5 Å². The third-order valence-electron chi connectivity index (χ3n) is 2.58. The molecule has 3 rings (SSSR count). The van der Waals surface area contributed by atoms with E-state index < -0.39 is 16.6 Å². The zero-order valence-corrected chi connectivity index (χ0v) is 11.4. The number of nitrogen functional groups attached to an aromatic ring is 1. The van der Waals surface area contributed by atoms with Gasteiger partial charge in [-0.2, -0.15) is 0 Å². The molecule has 7 heteroatoms. The Labute approximate surface area is 115 Å². The first kappa shape index (κ1) is 12.3. The van der Waals surface area contributed by atoms with Crippen LogP contribution in [0.3, 0.4) is 0 Å². The molecule has 1 atom stereocenters. The third kappa shape index (κ3) is 2.52. The summed E-state index contributed by atoms with van der Waals surface area (Å²) in [5.41, 5.74) is 6.53. The maximum absolute atomic E-state index is 13.2. The Balaban J connectivity index is 1.86. The van der Waals surface area contributed by atoms with Crippen molar-refractivity contribution in [2.75, 3.05) is 5.73 Å². The van der Waals surface area contributed by atoms with Gasteiger partial charge >= 0.3 is 0 Å². The summed E-state index contributed by atoms with van der Waals surface area (Å²) in [6.45, 7) is 0. The van der Waals surface area contributed by atoms with Crippen molar-refractivity contribution in [1.29, 1.82) is 0 Å². The van der Waals surface area contributed by atoms with Gasteiger partial charge in [0.15, 0.2) is 4.96 Å². The molecule has 0 saturated heterocycles. The lowest BCUT2D eigenvalue weighted by Gasteiger charge is -2.02. The van der Waals surface area contributed by atoms with Gasteiger partial charge in [0.05, 0.1) is 22.2 Å². The van der Waals surface area contributed by atoms with Crippen LogP contribution in [0.2, 0.25) is 0 Å². The van der Waals surface area contributed by atoms with E-state index in [9.17, 15) is 8.60 Å². The molecule has 19 heavy (non-hydrogen) atoms. The molecule has 0 amide bonds. The van der Waals surface area contributed by atoms with Crippen LogP contribution in [0, 0.1) is 5.82 Å². The number of thiazole rings is 1. The molecule has 0 bridgehead atoms. The Bertz CT molecular complexity index is 717. The zero-order valence-electron chi connectivity index (χ0n) is 9.75. The van der Waals surface area contributed by atoms with Crippen LogP contribution in [0.5, 0.6) is 0 Å². The summed E-state index contributed by atoms with van der Waals surface area (Å²) in [6.07, 6.45) is 3.71. The number of hydrogen-bond donors (Lipinski definition) is 1. The van der Waals surface area contributed by atoms with Gasteiger partial charge in [-0.3, -0.25) is 8.61 Å². The molecular weight excluding hydrogens is 285 g/mol. The van der Waals surface area contributed by atoms with Gasteiger partial charge in [-0.05, 0) is 18.2 Å². The highest BCUT2D eigenvalue weighted by Gasteiger charge is 2.11. The SMILES string of the molecule is Nc1cc(F)cc(S(=O)Cc2cn3ccsc3n2)c1. The maximum atomic E-state index is 13.2. The number of aromatic nitrogens is 2. The number of hydrogen-bond acceptors (Lipinski definition) is 4. The Morgan fingerprint density at radius 1 is 1.42 bits per heavy atom. The number of rotatable bonds is 3. The van der Waals surface area contributed by atoms with Gasteiger partial charge in [0.25, 0.3) is 0 Å². The normalized spacial score (nSPS) is 12.9. The lowest BCUT2D eigenvalue weighted by Crippen LogP contribution is -1.99. The monoisotopic (exact) mass is 295 g/mol. The third-order valence-corrected chi connectivity index (χ3v) is 4.67. The van der Waals surface area contributed by atoms with Crippen molar-refractivity contribution in [3.8, 4) is 0 Å². The Hall–Kier alpha value is -1.73. The fourth-order valence-corrected chi connectivity index (χ4v) is 3.58. The standard InChI is InChI=1S/C12H10FN3OS2/c13-8-3-9(14)5-11(4-8)19(17)7-10-6-16-1-2-18-12(16)15-10/h1-6H,7,14H2. The molecule has 0 spiro atoms. The van der Waals surface area contributed by atoms with Crippen LogP contribution in [0.25, 0.3) is 4.96 Å². The summed E-state index contributed by atoms with van der Waals surface area (Å²) in [5.74, 6) is -0.230. The van der Waals surface area contributed by atoms with Crippen molar-refractivity contribution in [3.05, 3.63) is 47.5 Å². The summed E-state index contributed by atoms with van der Waals surface area (Å²) in [7, 11) is -1.36. The fourth-order valence-electron chi connectivity index (χ4n) is 1.78. The van der Waals surface area contributed by atoms with Crippen LogP contribution < -0.4 is 5.73 Å². The Kier molecular flexibility index (Phi) is 3.08. The predicted octanol–water partition coefficient (Wildman–Crippen LogP) is 2.42. The number of nitrogens with two attached hydrogens (primary N) is 1. The fraction of sp³-hybridized carbons (Fsp3) is 0.0833. The number of halogens is 1. The van der Waals surface area contributed by atoms with Crippen LogP contribution in [0.1, 0.15) is 5.69 Å². The molecule has 0 aliphatic carbocycles. The van der Waals surface area contributed by atoms with Crippen LogP contribution >= 0.6 is 11.3 Å². The molecular formula is C12H10FN3OS2. The second-order valence-electron chi connectivity index (χ2n) is 4.04. The van der Waals surface area contributed by atoms with E-state index in [1.807, 2.05) is 22.2 Å². The molecule has 2 heterocycles. The molecule has 1 unspecified atom stereocenters. The van der Waals surface area contributed by atoms with E-state index in [-0.39, 0.29) is 11.4 Å². The summed E-state index contributed by atoms with van der Waals surface area (Å²) in [4.78, 5) is 5.58. The molecule has 0 fully saturated rings. The van der Waals surface area contributed by atoms with Crippen LogP contribution in [0.4, 0.5) is 10.1 Å². The van der Waals surface area contributed by atoms with E-state index >= 15 is 0 Å². The van der Waals surface area contributed by atoms with Crippen molar-refractivity contribution in [3.63, 3.8) is 0 Å². The Morgan fingerprint density at radius 2 is 2.26 bits per heavy atom. The van der Waals surface area contributed by atoms with E-state index in [4.69, 9.17) is 5.73 Å². The minimum absolute atomic E-state index is 0.247. The number of fused-ring (bicyclic) bond motifs is 1. The van der Waals surface area contributed by atoms with Gasteiger partial charge in [0.2, 0.25) is 0 Å². The highest BCUT2D eigenvalue weighted by molar-refractivity contribution is 7.84. The first-order chi connectivity index (χ1) is 9.11. The molecule has 98 valence electrons. The highest BCUT2D eigenvalue weighted by Crippen LogP contribution is 2.18. The summed E-state index contributed by atoms with van der Waals surface area (Å²) in [6, 6.07) is 3.97. The second-order valence-corrected chi connectivity index (χ2v) is 6.36. The van der Waals surface area contributed by atoms with Crippen molar-refractivity contribution < 1.29 is 8.60 Å². The molecule has 4 nitrogen and oxygen atoms in total. The van der Waals surface area contributed by atoms with E-state index in [0.29, 0.717) is 10.6 Å². The average molecular weight is 295 g/mol. The molecule has 1 aromatic carbocycles. The summed E-state index contributed by atoms with van der Waals surface area (Å²) in [5, 5.41) is 1.93. The number of nitrogens with zero attached hydrogens (tertiary/aromatic N) is 2. The molecule has 0 saturated carbocycles. The number of anilines is 1. The molecule has 0 aliphatic rings. The lowest BCUT2D eigenvalue weighted by molar-refractivity contribution is 0.623. The largest absolute Gasteiger partial charge is 0.399 e. The van der Waals surface area contributed by atoms with E-state index in [1.54, 1.807) is 0 Å². The molecule has 0 aliphatic heterocycles. The van der Waals surface area contributed by atoms with Crippen molar-refractivity contribution in [2.24, 2.45) is 0 Å². The topological polar surface area (TPSA) is 60.4 Å². The molecule has 2 aromatic heterocycles. The Morgan fingerprint density at radius 3 is 3.00 bits per heavy atom. The van der Waals surface area contributed by atoms with Gasteiger partial charge in [0.1, 0.15) is 5.82 Å². The van der Waals surface area contributed by atoms with Crippen molar-refractivity contribution in [1.82, 2.24) is 9.38 Å². The second kappa shape index (κ2) is 4.75. The van der Waals surface area contributed by atoms with Gasteiger partial charge in [-0.1, -0.05) is 0 Å². The van der Waals surface area contributed by atoms with E-state index in [2.05, 4.69) is 4.98 Å². The predicted molar refractivity (Wildman–Crippen MR) is 74.0 cm³/mol. The molecule has 3 aromatic rings. The number of imidazole rings is 1. The van der Waals surface area contributed by atoms with Crippen molar-refractivity contribution in [2.45, 2.75) is 10.6 Å². The zero-order chi connectivity index (χ0) is 13.4. The van der Waals surface area contributed by atoms with Crippen LogP contribution in [0.15, 0.2) is 40.9 Å². The highest BCUT2D eigenvalue weighted by atomic mass is 32.2. The van der Waals surface area contributed by atoms with Crippen LogP contribution in [-0.2, 0) is 16.6 Å². The first-order valence-electron chi connectivity index (χ1n) is 5.47. The number of benzene rings is 1. The van der Waals surface area contributed by atoms with Gasteiger partial charge in [-0.15, -0.1) is 11.3 Å². The van der Waals surface area contributed by atoms with Gasteiger partial charge in [0, 0.05) is 28.4 Å². The first-order valence-corrected chi connectivity index (χ1v) is 7.67. The molecule has 0 radical (unpaired) electrons. The average Bonchev–Trinajstić information content (AvgIpc) is 2.88. The maximum Gasteiger partial charge on any atom is 0.193 e. The lowest BCUT2D eigenvalue weighted by atomic mass is 10.3. The van der Waals surface area contributed by atoms with Crippen LogP contribution in [-0.4, -0.2) is 13.6 Å². The summed E-state index contributed by atoms with van der Waals surface area (Å²) < 4.78 is 27.2. The van der Waals surface area contributed by atoms with Gasteiger partial charge in [-0.25, -0.2) is 9.37 Å².